The first-order valence-electron chi connectivity index (χ1n) is 5.87. The van der Waals surface area contributed by atoms with Crippen molar-refractivity contribution in [2.45, 2.75) is 31.9 Å². The van der Waals surface area contributed by atoms with Crippen LogP contribution in [0.2, 0.25) is 5.31 Å². The Kier molecular flexibility index (Phi) is 1.82. The Morgan fingerprint density at radius 2 is 2.00 bits per heavy atom. The molecule has 2 bridgehead atoms. The summed E-state index contributed by atoms with van der Waals surface area (Å²) in [5, 5.41) is 0.454. The Morgan fingerprint density at radius 1 is 1.29 bits per heavy atom. The topological polar surface area (TPSA) is 18.5 Å². The van der Waals surface area contributed by atoms with E-state index >= 15 is 0 Å². The Hall–Kier alpha value is -0.0151. The minimum Gasteiger partial charge on any atom is -0.352 e. The first-order chi connectivity index (χ1) is 6.64. The highest BCUT2D eigenvalue weighted by Gasteiger charge is 2.61. The van der Waals surface area contributed by atoms with Crippen molar-refractivity contribution in [1.82, 2.24) is 0 Å². The molecule has 2 aliphatic heterocycles. The fraction of sp³-hybridized carbons (Fsp3) is 1.00. The van der Waals surface area contributed by atoms with E-state index in [4.69, 9.17) is 9.47 Å². The van der Waals surface area contributed by atoms with E-state index in [1.807, 2.05) is 0 Å². The van der Waals surface area contributed by atoms with Gasteiger partial charge in [-0.2, -0.15) is 0 Å². The molecule has 0 aromatic heterocycles. The van der Waals surface area contributed by atoms with E-state index in [0.717, 1.165) is 31.0 Å². The summed E-state index contributed by atoms with van der Waals surface area (Å²) in [4.78, 5) is 0. The third-order valence-corrected chi connectivity index (χ3v) is 5.25. The maximum Gasteiger partial charge on any atom is 0.160 e. The Labute approximate surface area is 86.8 Å². The molecule has 0 spiro atoms. The van der Waals surface area contributed by atoms with Crippen LogP contribution in [0.4, 0.5) is 0 Å². The highest BCUT2D eigenvalue weighted by atomic mass is 16.7. The highest BCUT2D eigenvalue weighted by Crippen LogP contribution is 2.64. The molecular formula is C11H19BO2. The lowest BCUT2D eigenvalue weighted by Crippen LogP contribution is -2.35. The van der Waals surface area contributed by atoms with Gasteiger partial charge in [-0.05, 0) is 29.5 Å². The number of hydrogen-bond donors (Lipinski definition) is 0. The van der Waals surface area contributed by atoms with Gasteiger partial charge in [0.1, 0.15) is 7.85 Å². The fourth-order valence-electron chi connectivity index (χ4n) is 3.97. The minimum atomic E-state index is 0.136. The molecule has 0 aromatic rings. The predicted octanol–water partition coefficient (Wildman–Crippen LogP) is 1.07. The second-order valence-electron chi connectivity index (χ2n) is 5.76. The van der Waals surface area contributed by atoms with Crippen LogP contribution < -0.4 is 0 Å². The second-order valence-corrected chi connectivity index (χ2v) is 5.76. The van der Waals surface area contributed by atoms with Crippen LogP contribution in [0, 0.1) is 23.7 Å². The summed E-state index contributed by atoms with van der Waals surface area (Å²) in [6.45, 7) is 6.56. The van der Waals surface area contributed by atoms with Gasteiger partial charge in [-0.25, -0.2) is 0 Å². The van der Waals surface area contributed by atoms with Crippen LogP contribution in [0.1, 0.15) is 20.3 Å². The van der Waals surface area contributed by atoms with Crippen LogP contribution in [0.15, 0.2) is 0 Å². The van der Waals surface area contributed by atoms with E-state index in [9.17, 15) is 0 Å². The number of fused-ring (bicyclic) bond motifs is 1. The van der Waals surface area contributed by atoms with Gasteiger partial charge in [-0.15, -0.1) is 0 Å². The van der Waals surface area contributed by atoms with Gasteiger partial charge in [0, 0.05) is 5.92 Å². The van der Waals surface area contributed by atoms with E-state index in [0.29, 0.717) is 11.2 Å². The smallest absolute Gasteiger partial charge is 0.160 e. The molecule has 1 aliphatic carbocycles. The van der Waals surface area contributed by atoms with Crippen molar-refractivity contribution in [2.75, 3.05) is 13.2 Å². The predicted molar refractivity (Wildman–Crippen MR) is 56.9 cm³/mol. The number of rotatable bonds is 1. The highest BCUT2D eigenvalue weighted by molar-refractivity contribution is 6.16. The summed E-state index contributed by atoms with van der Waals surface area (Å²) in [5.74, 6) is 2.96. The van der Waals surface area contributed by atoms with Crippen molar-refractivity contribution < 1.29 is 9.47 Å². The Bertz CT molecular complexity index is 256. The molecule has 3 aliphatic rings. The average molecular weight is 194 g/mol. The molecule has 2 heterocycles. The van der Waals surface area contributed by atoms with Crippen molar-refractivity contribution in [3.8, 4) is 0 Å². The monoisotopic (exact) mass is 194 g/mol. The molecule has 0 N–H and O–H groups in total. The summed E-state index contributed by atoms with van der Waals surface area (Å²) in [5.41, 5.74) is 0. The lowest BCUT2D eigenvalue weighted by atomic mass is 9.52. The number of ether oxygens (including phenoxy) is 2. The van der Waals surface area contributed by atoms with Crippen molar-refractivity contribution in [1.29, 1.82) is 0 Å². The Balaban J connectivity index is 1.99. The standard InChI is InChI=1S/C11H19BO2/c1-6(2)11(12)7-3-8-9(11)5-14-10(8)13-4-7/h6-10H,3-5,12H2,1-2H3. The molecule has 78 valence electrons. The van der Waals surface area contributed by atoms with Crippen LogP contribution in [-0.4, -0.2) is 27.4 Å². The second kappa shape index (κ2) is 2.76. The minimum absolute atomic E-state index is 0.136. The fourth-order valence-corrected chi connectivity index (χ4v) is 3.97. The molecule has 0 amide bonds. The lowest BCUT2D eigenvalue weighted by Gasteiger charge is -2.40. The molecular weight excluding hydrogens is 175 g/mol. The van der Waals surface area contributed by atoms with Gasteiger partial charge in [0.25, 0.3) is 0 Å². The SMILES string of the molecule is BC1(C(C)C)C2COC3OCC1C3C2. The zero-order valence-electron chi connectivity index (χ0n) is 9.32. The summed E-state index contributed by atoms with van der Waals surface area (Å²) >= 11 is 0. The van der Waals surface area contributed by atoms with E-state index in [1.54, 1.807) is 0 Å². The molecule has 5 atom stereocenters. The molecule has 3 fully saturated rings. The Morgan fingerprint density at radius 3 is 2.71 bits per heavy atom. The molecule has 2 nitrogen and oxygen atoms in total. The summed E-state index contributed by atoms with van der Waals surface area (Å²) in [6.07, 6.45) is 1.47. The molecule has 0 aromatic carbocycles. The first-order valence-corrected chi connectivity index (χ1v) is 5.87. The molecule has 5 unspecified atom stereocenters. The molecule has 2 saturated heterocycles. The average Bonchev–Trinajstić information content (AvgIpc) is 2.65. The third-order valence-electron chi connectivity index (χ3n) is 5.25. The van der Waals surface area contributed by atoms with Crippen LogP contribution >= 0.6 is 0 Å². The third kappa shape index (κ3) is 0.905. The van der Waals surface area contributed by atoms with Crippen LogP contribution in [0.25, 0.3) is 0 Å². The zero-order chi connectivity index (χ0) is 9.92. The summed E-state index contributed by atoms with van der Waals surface area (Å²) < 4.78 is 11.5. The van der Waals surface area contributed by atoms with Gasteiger partial charge in [0.15, 0.2) is 6.29 Å². The van der Waals surface area contributed by atoms with Crippen molar-refractivity contribution >= 4 is 7.85 Å². The normalized spacial score (nSPS) is 55.6. The first kappa shape index (κ1) is 9.23. The van der Waals surface area contributed by atoms with Gasteiger partial charge in [0.2, 0.25) is 0 Å². The van der Waals surface area contributed by atoms with Gasteiger partial charge in [-0.1, -0.05) is 13.8 Å². The quantitative estimate of drug-likeness (QED) is 0.581. The molecule has 1 saturated carbocycles. The van der Waals surface area contributed by atoms with Gasteiger partial charge >= 0.3 is 0 Å². The van der Waals surface area contributed by atoms with E-state index in [1.165, 1.54) is 6.42 Å². The van der Waals surface area contributed by atoms with Crippen LogP contribution in [0.5, 0.6) is 0 Å². The van der Waals surface area contributed by atoms with Crippen molar-refractivity contribution in [3.63, 3.8) is 0 Å². The largest absolute Gasteiger partial charge is 0.352 e. The summed E-state index contributed by atoms with van der Waals surface area (Å²) in [6, 6.07) is 0. The molecule has 3 heteroatoms. The zero-order valence-corrected chi connectivity index (χ0v) is 9.32. The molecule has 3 rings (SSSR count). The molecule has 14 heavy (non-hydrogen) atoms. The van der Waals surface area contributed by atoms with Crippen molar-refractivity contribution in [3.05, 3.63) is 0 Å². The lowest BCUT2D eigenvalue weighted by molar-refractivity contribution is -0.165. The van der Waals surface area contributed by atoms with E-state index < -0.39 is 0 Å². The maximum absolute atomic E-state index is 5.78. The van der Waals surface area contributed by atoms with Crippen molar-refractivity contribution in [2.24, 2.45) is 23.7 Å². The summed E-state index contributed by atoms with van der Waals surface area (Å²) in [7, 11) is 2.45. The van der Waals surface area contributed by atoms with Crippen LogP contribution in [-0.2, 0) is 9.47 Å². The van der Waals surface area contributed by atoms with Gasteiger partial charge < -0.3 is 9.47 Å². The van der Waals surface area contributed by atoms with E-state index in [2.05, 4.69) is 21.7 Å². The maximum atomic E-state index is 5.78. The van der Waals surface area contributed by atoms with Gasteiger partial charge in [-0.3, -0.25) is 0 Å². The van der Waals surface area contributed by atoms with E-state index in [-0.39, 0.29) is 6.29 Å². The number of hydrogen-bond acceptors (Lipinski definition) is 2. The van der Waals surface area contributed by atoms with Gasteiger partial charge in [0.05, 0.1) is 13.2 Å². The van der Waals surface area contributed by atoms with Crippen LogP contribution in [0.3, 0.4) is 0 Å². The molecule has 0 radical (unpaired) electrons.